The zero-order valence-electron chi connectivity index (χ0n) is 10.3. The smallest absolute Gasteiger partial charge is 0.292 e. The minimum atomic E-state index is -0.353. The number of aliphatic hydroxyl groups is 1. The van der Waals surface area contributed by atoms with Crippen LogP contribution in [-0.2, 0) is 0 Å². The molecule has 0 unspecified atom stereocenters. The molecule has 1 fully saturated rings. The molecule has 1 N–H and O–H groups in total. The number of anilines is 1. The van der Waals surface area contributed by atoms with Crippen molar-refractivity contribution in [2.24, 2.45) is 0 Å². The molecule has 18 heavy (non-hydrogen) atoms. The van der Waals surface area contributed by atoms with Gasteiger partial charge in [-0.3, -0.25) is 10.1 Å². The lowest BCUT2D eigenvalue weighted by Gasteiger charge is -2.30. The van der Waals surface area contributed by atoms with Gasteiger partial charge < -0.3 is 10.0 Å². The highest BCUT2D eigenvalue weighted by molar-refractivity contribution is 5.63. The Morgan fingerprint density at radius 3 is 2.61 bits per heavy atom. The topological polar surface area (TPSA) is 66.6 Å². The first-order chi connectivity index (χ1) is 8.74. The Morgan fingerprint density at radius 1 is 1.33 bits per heavy atom. The van der Waals surface area contributed by atoms with Crippen molar-refractivity contribution in [1.29, 1.82) is 0 Å². The van der Waals surface area contributed by atoms with E-state index in [0.717, 1.165) is 25.7 Å². The van der Waals surface area contributed by atoms with Gasteiger partial charge in [-0.2, -0.15) is 0 Å². The van der Waals surface area contributed by atoms with Crippen LogP contribution in [0.15, 0.2) is 24.3 Å². The summed E-state index contributed by atoms with van der Waals surface area (Å²) in [5.41, 5.74) is 0.751. The molecule has 1 aromatic rings. The molecule has 1 aliphatic carbocycles. The van der Waals surface area contributed by atoms with E-state index >= 15 is 0 Å². The average Bonchev–Trinajstić information content (AvgIpc) is 2.89. The number of nitrogens with zero attached hydrogens (tertiary/aromatic N) is 2. The summed E-state index contributed by atoms with van der Waals surface area (Å²) in [4.78, 5) is 12.7. The van der Waals surface area contributed by atoms with E-state index in [1.54, 1.807) is 12.1 Å². The van der Waals surface area contributed by atoms with Crippen LogP contribution < -0.4 is 4.90 Å². The van der Waals surface area contributed by atoms with E-state index < -0.39 is 0 Å². The van der Waals surface area contributed by atoms with Crippen LogP contribution >= 0.6 is 0 Å². The van der Waals surface area contributed by atoms with E-state index in [4.69, 9.17) is 0 Å². The zero-order valence-corrected chi connectivity index (χ0v) is 10.3. The standard InChI is InChI=1S/C13H18N2O3/c16-10-9-14(11-5-1-2-6-11)12-7-3-4-8-13(12)15(17)18/h3-4,7-8,11,16H,1-2,5-6,9-10H2. The van der Waals surface area contributed by atoms with Gasteiger partial charge in [0.1, 0.15) is 5.69 Å². The maximum Gasteiger partial charge on any atom is 0.292 e. The van der Waals surface area contributed by atoms with Crippen molar-refractivity contribution in [1.82, 2.24) is 0 Å². The minimum absolute atomic E-state index is 0.0164. The third kappa shape index (κ3) is 2.61. The average molecular weight is 250 g/mol. The van der Waals surface area contributed by atoms with Gasteiger partial charge in [0, 0.05) is 18.7 Å². The highest BCUT2D eigenvalue weighted by Crippen LogP contribution is 2.33. The Bertz CT molecular complexity index is 416. The molecule has 0 bridgehead atoms. The van der Waals surface area contributed by atoms with Gasteiger partial charge in [-0.1, -0.05) is 25.0 Å². The number of nitro benzene ring substituents is 1. The molecule has 0 heterocycles. The molecule has 0 saturated heterocycles. The van der Waals surface area contributed by atoms with Crippen LogP contribution in [-0.4, -0.2) is 29.2 Å². The molecule has 0 aliphatic heterocycles. The van der Waals surface area contributed by atoms with Crippen molar-refractivity contribution >= 4 is 11.4 Å². The molecule has 0 radical (unpaired) electrons. The van der Waals surface area contributed by atoms with Crippen LogP contribution in [0.3, 0.4) is 0 Å². The van der Waals surface area contributed by atoms with Gasteiger partial charge in [0.2, 0.25) is 0 Å². The Morgan fingerprint density at radius 2 is 2.00 bits per heavy atom. The summed E-state index contributed by atoms with van der Waals surface area (Å²) in [5.74, 6) is 0. The molecule has 1 saturated carbocycles. The zero-order chi connectivity index (χ0) is 13.0. The predicted octanol–water partition coefficient (Wildman–Crippen LogP) is 2.34. The summed E-state index contributed by atoms with van der Waals surface area (Å²) in [6.45, 7) is 0.470. The summed E-state index contributed by atoms with van der Waals surface area (Å²) in [6.07, 6.45) is 4.42. The van der Waals surface area contributed by atoms with Gasteiger partial charge in [0.25, 0.3) is 5.69 Å². The summed E-state index contributed by atoms with van der Waals surface area (Å²) >= 11 is 0. The fourth-order valence-corrected chi connectivity index (χ4v) is 2.68. The monoisotopic (exact) mass is 250 g/mol. The Labute approximate surface area is 106 Å². The molecule has 5 nitrogen and oxygen atoms in total. The number of benzene rings is 1. The largest absolute Gasteiger partial charge is 0.395 e. The Hall–Kier alpha value is -1.62. The maximum absolute atomic E-state index is 11.1. The van der Waals surface area contributed by atoms with Crippen LogP contribution in [0.25, 0.3) is 0 Å². The Balaban J connectivity index is 2.32. The number of para-hydroxylation sites is 2. The lowest BCUT2D eigenvalue weighted by molar-refractivity contribution is -0.384. The number of hydrogen-bond donors (Lipinski definition) is 1. The van der Waals surface area contributed by atoms with E-state index in [1.807, 2.05) is 11.0 Å². The van der Waals surface area contributed by atoms with Crippen LogP contribution in [0.5, 0.6) is 0 Å². The van der Waals surface area contributed by atoms with Gasteiger partial charge in [-0.25, -0.2) is 0 Å². The van der Waals surface area contributed by atoms with E-state index in [9.17, 15) is 15.2 Å². The Kier molecular flexibility index (Phi) is 4.15. The van der Waals surface area contributed by atoms with Gasteiger partial charge in [0.15, 0.2) is 0 Å². The van der Waals surface area contributed by atoms with Crippen LogP contribution in [0.2, 0.25) is 0 Å². The lowest BCUT2D eigenvalue weighted by atomic mass is 10.1. The first-order valence-electron chi connectivity index (χ1n) is 6.35. The fourth-order valence-electron chi connectivity index (χ4n) is 2.68. The third-order valence-electron chi connectivity index (χ3n) is 3.49. The molecule has 0 atom stereocenters. The molecule has 5 heteroatoms. The van der Waals surface area contributed by atoms with Gasteiger partial charge in [0.05, 0.1) is 11.5 Å². The van der Waals surface area contributed by atoms with Crippen LogP contribution in [0.4, 0.5) is 11.4 Å². The normalized spacial score (nSPS) is 15.8. The van der Waals surface area contributed by atoms with Crippen molar-refractivity contribution in [3.05, 3.63) is 34.4 Å². The summed E-state index contributed by atoms with van der Waals surface area (Å²) in [6, 6.07) is 7.09. The SMILES string of the molecule is O=[N+]([O-])c1ccccc1N(CCO)C1CCCC1. The first kappa shape index (κ1) is 12.8. The summed E-state index contributed by atoms with van der Waals surface area (Å²) in [5, 5.41) is 20.2. The van der Waals surface area contributed by atoms with Gasteiger partial charge in [-0.15, -0.1) is 0 Å². The molecular formula is C13H18N2O3. The van der Waals surface area contributed by atoms with Crippen molar-refractivity contribution in [2.45, 2.75) is 31.7 Å². The van der Waals surface area contributed by atoms with Crippen molar-refractivity contribution in [3.8, 4) is 0 Å². The van der Waals surface area contributed by atoms with Crippen molar-refractivity contribution in [3.63, 3.8) is 0 Å². The number of aliphatic hydroxyl groups excluding tert-OH is 1. The number of nitro groups is 1. The van der Waals surface area contributed by atoms with Gasteiger partial charge in [-0.05, 0) is 18.9 Å². The highest BCUT2D eigenvalue weighted by Gasteiger charge is 2.27. The van der Waals surface area contributed by atoms with E-state index in [1.165, 1.54) is 6.07 Å². The fraction of sp³-hybridized carbons (Fsp3) is 0.538. The molecule has 2 rings (SSSR count). The second kappa shape index (κ2) is 5.82. The van der Waals surface area contributed by atoms with Crippen LogP contribution in [0.1, 0.15) is 25.7 Å². The lowest BCUT2D eigenvalue weighted by Crippen LogP contribution is -2.36. The quantitative estimate of drug-likeness (QED) is 0.643. The van der Waals surface area contributed by atoms with E-state index in [-0.39, 0.29) is 17.2 Å². The van der Waals surface area contributed by atoms with Crippen molar-refractivity contribution < 1.29 is 10.0 Å². The molecule has 0 spiro atoms. The van der Waals surface area contributed by atoms with E-state index in [2.05, 4.69) is 0 Å². The molecule has 0 aromatic heterocycles. The summed E-state index contributed by atoms with van der Waals surface area (Å²) < 4.78 is 0. The molecule has 1 aliphatic rings. The molecule has 98 valence electrons. The molecular weight excluding hydrogens is 232 g/mol. The minimum Gasteiger partial charge on any atom is -0.395 e. The van der Waals surface area contributed by atoms with Crippen LogP contribution in [0, 0.1) is 10.1 Å². The highest BCUT2D eigenvalue weighted by atomic mass is 16.6. The number of hydrogen-bond acceptors (Lipinski definition) is 4. The molecule has 0 amide bonds. The second-order valence-corrected chi connectivity index (χ2v) is 4.60. The second-order valence-electron chi connectivity index (χ2n) is 4.60. The first-order valence-corrected chi connectivity index (χ1v) is 6.35. The summed E-state index contributed by atoms with van der Waals surface area (Å²) in [7, 11) is 0. The predicted molar refractivity (Wildman–Crippen MR) is 69.8 cm³/mol. The van der Waals surface area contributed by atoms with Crippen molar-refractivity contribution in [2.75, 3.05) is 18.1 Å². The third-order valence-corrected chi connectivity index (χ3v) is 3.49. The van der Waals surface area contributed by atoms with E-state index in [0.29, 0.717) is 18.3 Å². The molecule has 1 aromatic carbocycles. The maximum atomic E-state index is 11.1. The van der Waals surface area contributed by atoms with Gasteiger partial charge >= 0.3 is 0 Å². The number of rotatable bonds is 5.